The van der Waals surface area contributed by atoms with Crippen molar-refractivity contribution in [3.8, 4) is 0 Å². The lowest BCUT2D eigenvalue weighted by Gasteiger charge is -2.28. The van der Waals surface area contributed by atoms with Crippen LogP contribution in [-0.2, 0) is 0 Å². The van der Waals surface area contributed by atoms with Gasteiger partial charge in [-0.25, -0.2) is 0 Å². The minimum absolute atomic E-state index is 0.0386. The van der Waals surface area contributed by atoms with Crippen molar-refractivity contribution in [2.45, 2.75) is 30.7 Å². The molecular weight excluding hydrogens is 146 g/mol. The van der Waals surface area contributed by atoms with Gasteiger partial charge in [-0.2, -0.15) is 0 Å². The molecule has 1 saturated carbocycles. The number of hydrogen-bond donors (Lipinski definition) is 4. The highest BCUT2D eigenvalue weighted by molar-refractivity contribution is 5.10. The van der Waals surface area contributed by atoms with Crippen molar-refractivity contribution in [2.24, 2.45) is 5.92 Å². The standard InChI is InChI=1S/C7H13NO3/c9-2-3-1-4-5(8-4)7(11)6(3)10/h3-11H,1-2H2/t3-,4-,5-,6-,7-/m1/s1. The van der Waals surface area contributed by atoms with Crippen LogP contribution in [0, 0.1) is 5.92 Å². The summed E-state index contributed by atoms with van der Waals surface area (Å²) >= 11 is 0. The summed E-state index contributed by atoms with van der Waals surface area (Å²) in [4.78, 5) is 0. The zero-order valence-corrected chi connectivity index (χ0v) is 6.14. The van der Waals surface area contributed by atoms with E-state index in [1.165, 1.54) is 0 Å². The fraction of sp³-hybridized carbons (Fsp3) is 1.00. The summed E-state index contributed by atoms with van der Waals surface area (Å²) in [6.07, 6.45) is -0.665. The van der Waals surface area contributed by atoms with Crippen LogP contribution in [0.2, 0.25) is 0 Å². The van der Waals surface area contributed by atoms with Gasteiger partial charge in [-0.15, -0.1) is 0 Å². The maximum atomic E-state index is 9.38. The second-order valence-electron chi connectivity index (χ2n) is 3.46. The third-order valence-electron chi connectivity index (χ3n) is 2.72. The minimum Gasteiger partial charge on any atom is -0.396 e. The van der Waals surface area contributed by atoms with E-state index in [1.54, 1.807) is 0 Å². The quantitative estimate of drug-likeness (QED) is 0.335. The molecule has 1 heterocycles. The minimum atomic E-state index is -0.753. The summed E-state index contributed by atoms with van der Waals surface area (Å²) in [5, 5.41) is 30.6. The number of aliphatic hydroxyl groups excluding tert-OH is 3. The molecule has 0 amide bonds. The molecule has 4 nitrogen and oxygen atoms in total. The summed E-state index contributed by atoms with van der Waals surface area (Å²) < 4.78 is 0. The van der Waals surface area contributed by atoms with Gasteiger partial charge in [-0.3, -0.25) is 0 Å². The molecule has 64 valence electrons. The average molecular weight is 159 g/mol. The summed E-state index contributed by atoms with van der Waals surface area (Å²) in [7, 11) is 0. The van der Waals surface area contributed by atoms with Crippen LogP contribution in [0.25, 0.3) is 0 Å². The summed E-state index contributed by atoms with van der Waals surface area (Å²) in [5.41, 5.74) is 0. The maximum Gasteiger partial charge on any atom is 0.0970 e. The lowest BCUT2D eigenvalue weighted by atomic mass is 9.85. The Bertz CT molecular complexity index is 164. The lowest BCUT2D eigenvalue weighted by Crippen LogP contribution is -2.44. The highest BCUT2D eigenvalue weighted by Gasteiger charge is 2.51. The lowest BCUT2D eigenvalue weighted by molar-refractivity contribution is -0.0473. The Morgan fingerprint density at radius 2 is 2.00 bits per heavy atom. The van der Waals surface area contributed by atoms with Gasteiger partial charge in [0.15, 0.2) is 0 Å². The van der Waals surface area contributed by atoms with Gasteiger partial charge in [0.1, 0.15) is 0 Å². The van der Waals surface area contributed by atoms with Crippen molar-refractivity contribution in [1.82, 2.24) is 5.32 Å². The molecule has 0 radical (unpaired) electrons. The molecule has 1 aliphatic heterocycles. The van der Waals surface area contributed by atoms with Crippen LogP contribution in [0.3, 0.4) is 0 Å². The Morgan fingerprint density at radius 3 is 2.64 bits per heavy atom. The van der Waals surface area contributed by atoms with E-state index in [9.17, 15) is 10.2 Å². The normalized spacial score (nSPS) is 55.4. The number of nitrogens with one attached hydrogen (secondary N) is 1. The summed E-state index contributed by atoms with van der Waals surface area (Å²) in [6.45, 7) is -0.0386. The first-order chi connectivity index (χ1) is 5.24. The largest absolute Gasteiger partial charge is 0.396 e. The number of hydrogen-bond acceptors (Lipinski definition) is 4. The van der Waals surface area contributed by atoms with Crippen molar-refractivity contribution < 1.29 is 15.3 Å². The van der Waals surface area contributed by atoms with Crippen molar-refractivity contribution in [3.63, 3.8) is 0 Å². The van der Waals surface area contributed by atoms with E-state index in [0.29, 0.717) is 6.04 Å². The highest BCUT2D eigenvalue weighted by Crippen LogP contribution is 2.33. The molecule has 0 aromatic heterocycles. The van der Waals surface area contributed by atoms with E-state index in [4.69, 9.17) is 5.11 Å². The van der Waals surface area contributed by atoms with Gasteiger partial charge in [-0.1, -0.05) is 0 Å². The first-order valence-electron chi connectivity index (χ1n) is 3.97. The first kappa shape index (κ1) is 7.49. The van der Waals surface area contributed by atoms with E-state index >= 15 is 0 Å². The van der Waals surface area contributed by atoms with Crippen LogP contribution in [0.5, 0.6) is 0 Å². The Balaban J connectivity index is 2.03. The van der Waals surface area contributed by atoms with E-state index in [0.717, 1.165) is 6.42 Å². The molecule has 2 fully saturated rings. The molecule has 5 atom stereocenters. The van der Waals surface area contributed by atoms with Crippen molar-refractivity contribution >= 4 is 0 Å². The summed E-state index contributed by atoms with van der Waals surface area (Å²) in [6, 6.07) is 0.401. The smallest absolute Gasteiger partial charge is 0.0970 e. The van der Waals surface area contributed by atoms with E-state index in [-0.39, 0.29) is 18.6 Å². The van der Waals surface area contributed by atoms with Crippen molar-refractivity contribution in [2.75, 3.05) is 6.61 Å². The van der Waals surface area contributed by atoms with Gasteiger partial charge >= 0.3 is 0 Å². The molecule has 0 spiro atoms. The molecule has 4 N–H and O–H groups in total. The summed E-state index contributed by atoms with van der Waals surface area (Å²) in [5.74, 6) is -0.152. The fourth-order valence-corrected chi connectivity index (χ4v) is 1.88. The predicted octanol–water partition coefficient (Wildman–Crippen LogP) is -1.94. The fourth-order valence-electron chi connectivity index (χ4n) is 1.88. The van der Waals surface area contributed by atoms with Gasteiger partial charge in [-0.05, 0) is 6.42 Å². The van der Waals surface area contributed by atoms with Crippen LogP contribution in [-0.4, -0.2) is 46.2 Å². The Hall–Kier alpha value is -0.160. The van der Waals surface area contributed by atoms with Crippen LogP contribution in [0.1, 0.15) is 6.42 Å². The van der Waals surface area contributed by atoms with Crippen molar-refractivity contribution in [1.29, 1.82) is 0 Å². The topological polar surface area (TPSA) is 82.6 Å². The molecule has 1 saturated heterocycles. The SMILES string of the molecule is OC[C@H]1C[C@H]2N[C@H]2[C@@H](O)[C@@H]1O. The monoisotopic (exact) mass is 159 g/mol. The third kappa shape index (κ3) is 1.06. The highest BCUT2D eigenvalue weighted by atomic mass is 16.3. The van der Waals surface area contributed by atoms with Crippen LogP contribution < -0.4 is 5.32 Å². The Morgan fingerprint density at radius 1 is 1.27 bits per heavy atom. The molecule has 0 aromatic rings. The van der Waals surface area contributed by atoms with Crippen molar-refractivity contribution in [3.05, 3.63) is 0 Å². The first-order valence-corrected chi connectivity index (χ1v) is 3.97. The molecular formula is C7H13NO3. The van der Waals surface area contributed by atoms with Gasteiger partial charge in [0.05, 0.1) is 18.2 Å². The Labute approximate surface area is 64.8 Å². The average Bonchev–Trinajstić information content (AvgIpc) is 2.75. The zero-order valence-electron chi connectivity index (χ0n) is 6.14. The molecule has 0 aromatic carbocycles. The van der Waals surface area contributed by atoms with Gasteiger partial charge < -0.3 is 20.6 Å². The van der Waals surface area contributed by atoms with E-state index < -0.39 is 12.2 Å². The second kappa shape index (κ2) is 2.42. The van der Waals surface area contributed by atoms with E-state index in [2.05, 4.69) is 5.32 Å². The molecule has 2 aliphatic rings. The van der Waals surface area contributed by atoms with Crippen LogP contribution >= 0.6 is 0 Å². The number of rotatable bonds is 1. The van der Waals surface area contributed by atoms with Gasteiger partial charge in [0, 0.05) is 18.6 Å². The predicted molar refractivity (Wildman–Crippen MR) is 37.9 cm³/mol. The maximum absolute atomic E-state index is 9.38. The third-order valence-corrected chi connectivity index (χ3v) is 2.72. The number of fused-ring (bicyclic) bond motifs is 1. The van der Waals surface area contributed by atoms with Crippen LogP contribution in [0.4, 0.5) is 0 Å². The zero-order chi connectivity index (χ0) is 8.01. The molecule has 0 unspecified atom stereocenters. The second-order valence-corrected chi connectivity index (χ2v) is 3.46. The molecule has 0 bridgehead atoms. The van der Waals surface area contributed by atoms with E-state index in [1.807, 2.05) is 0 Å². The number of aliphatic hydroxyl groups is 3. The van der Waals surface area contributed by atoms with Gasteiger partial charge in [0.25, 0.3) is 0 Å². The van der Waals surface area contributed by atoms with Gasteiger partial charge in [0.2, 0.25) is 0 Å². The molecule has 4 heteroatoms. The van der Waals surface area contributed by atoms with Crippen LogP contribution in [0.15, 0.2) is 0 Å². The molecule has 1 aliphatic carbocycles. The molecule has 2 rings (SSSR count). The Kier molecular flexibility index (Phi) is 1.64. The molecule has 11 heavy (non-hydrogen) atoms.